The van der Waals surface area contributed by atoms with Crippen molar-refractivity contribution in [2.75, 3.05) is 0 Å². The minimum Gasteiger partial charge on any atom is -0.483 e. The Kier molecular flexibility index (Phi) is 3.37. The Balaban J connectivity index is 1.87. The molecule has 1 N–H and O–H groups in total. The highest BCUT2D eigenvalue weighted by atomic mass is 19.1. The number of aryl methyl sites for hydroxylation is 2. The van der Waals surface area contributed by atoms with Crippen LogP contribution in [0.15, 0.2) is 36.4 Å². The zero-order valence-corrected chi connectivity index (χ0v) is 12.3. The lowest BCUT2D eigenvalue weighted by Gasteiger charge is -2.14. The van der Waals surface area contributed by atoms with Gasteiger partial charge in [-0.1, -0.05) is 17.7 Å². The number of benzene rings is 2. The van der Waals surface area contributed by atoms with E-state index in [0.717, 1.165) is 16.8 Å². The molecule has 0 spiro atoms. The average Bonchev–Trinajstić information content (AvgIpc) is 2.85. The van der Waals surface area contributed by atoms with E-state index in [9.17, 15) is 4.39 Å². The van der Waals surface area contributed by atoms with Crippen molar-refractivity contribution >= 4 is 11.0 Å². The predicted molar refractivity (Wildman–Crippen MR) is 81.0 cm³/mol. The lowest BCUT2D eigenvalue weighted by atomic mass is 10.1. The van der Waals surface area contributed by atoms with Gasteiger partial charge in [-0.25, -0.2) is 9.37 Å². The molecule has 108 valence electrons. The first-order chi connectivity index (χ1) is 10.0. The summed E-state index contributed by atoms with van der Waals surface area (Å²) < 4.78 is 19.2. The normalized spacial score (nSPS) is 12.6. The van der Waals surface area contributed by atoms with Crippen LogP contribution in [-0.2, 0) is 0 Å². The van der Waals surface area contributed by atoms with E-state index >= 15 is 0 Å². The second kappa shape index (κ2) is 5.20. The molecule has 0 fully saturated rings. The number of aromatic amines is 1. The molecule has 0 saturated heterocycles. The van der Waals surface area contributed by atoms with Gasteiger partial charge in [0.2, 0.25) is 0 Å². The maximum Gasteiger partial charge on any atom is 0.153 e. The fraction of sp³-hybridized carbons (Fsp3) is 0.235. The maximum atomic E-state index is 13.2. The molecule has 0 radical (unpaired) electrons. The maximum absolute atomic E-state index is 13.2. The Morgan fingerprint density at radius 3 is 2.71 bits per heavy atom. The number of fused-ring (bicyclic) bond motifs is 1. The Morgan fingerprint density at radius 1 is 1.14 bits per heavy atom. The molecule has 4 heteroatoms. The van der Waals surface area contributed by atoms with E-state index in [4.69, 9.17) is 4.74 Å². The minimum atomic E-state index is -0.277. The van der Waals surface area contributed by atoms with Crippen LogP contribution in [0, 0.1) is 19.7 Å². The van der Waals surface area contributed by atoms with Gasteiger partial charge in [0.25, 0.3) is 0 Å². The highest BCUT2D eigenvalue weighted by molar-refractivity contribution is 5.75. The molecule has 1 aromatic heterocycles. The molecule has 3 rings (SSSR count). The molecule has 0 saturated carbocycles. The van der Waals surface area contributed by atoms with Crippen molar-refractivity contribution < 1.29 is 9.13 Å². The molecule has 0 unspecified atom stereocenters. The molecule has 0 aliphatic rings. The second-order valence-corrected chi connectivity index (χ2v) is 5.31. The van der Waals surface area contributed by atoms with Gasteiger partial charge in [0.15, 0.2) is 6.10 Å². The van der Waals surface area contributed by atoms with Crippen LogP contribution in [0.25, 0.3) is 11.0 Å². The van der Waals surface area contributed by atoms with Crippen molar-refractivity contribution in [3.05, 3.63) is 59.2 Å². The second-order valence-electron chi connectivity index (χ2n) is 5.31. The van der Waals surface area contributed by atoms with Crippen LogP contribution in [-0.4, -0.2) is 9.97 Å². The lowest BCUT2D eigenvalue weighted by Crippen LogP contribution is -2.06. The number of nitrogens with one attached hydrogen (secondary N) is 1. The zero-order chi connectivity index (χ0) is 15.0. The number of rotatable bonds is 3. The summed E-state index contributed by atoms with van der Waals surface area (Å²) in [6.07, 6.45) is -0.234. The molecule has 3 aromatic rings. The van der Waals surface area contributed by atoms with E-state index in [-0.39, 0.29) is 11.9 Å². The van der Waals surface area contributed by atoms with Crippen molar-refractivity contribution in [3.63, 3.8) is 0 Å². The molecule has 0 amide bonds. The van der Waals surface area contributed by atoms with E-state index in [0.29, 0.717) is 11.3 Å². The van der Waals surface area contributed by atoms with Gasteiger partial charge >= 0.3 is 0 Å². The number of nitrogens with zero attached hydrogens (tertiary/aromatic N) is 1. The number of hydrogen-bond donors (Lipinski definition) is 1. The van der Waals surface area contributed by atoms with Gasteiger partial charge in [0.1, 0.15) is 17.4 Å². The summed E-state index contributed by atoms with van der Waals surface area (Å²) in [5, 5.41) is 0. The van der Waals surface area contributed by atoms with Crippen LogP contribution in [0.5, 0.6) is 5.75 Å². The lowest BCUT2D eigenvalue weighted by molar-refractivity contribution is 0.216. The first-order valence-corrected chi connectivity index (χ1v) is 6.92. The third kappa shape index (κ3) is 2.75. The quantitative estimate of drug-likeness (QED) is 0.771. The summed E-state index contributed by atoms with van der Waals surface area (Å²) in [7, 11) is 0. The number of aromatic nitrogens is 2. The fourth-order valence-electron chi connectivity index (χ4n) is 2.37. The summed E-state index contributed by atoms with van der Waals surface area (Å²) in [4.78, 5) is 7.56. The number of ether oxygens (including phenoxy) is 1. The predicted octanol–water partition coefficient (Wildman–Crippen LogP) is 4.46. The molecule has 2 aromatic carbocycles. The number of imidazole rings is 1. The Bertz CT molecular complexity index is 795. The highest BCUT2D eigenvalue weighted by Gasteiger charge is 2.14. The molecule has 0 aliphatic heterocycles. The van der Waals surface area contributed by atoms with Gasteiger partial charge in [0.05, 0.1) is 11.0 Å². The van der Waals surface area contributed by atoms with Crippen molar-refractivity contribution in [1.82, 2.24) is 9.97 Å². The van der Waals surface area contributed by atoms with Crippen LogP contribution >= 0.6 is 0 Å². The smallest absolute Gasteiger partial charge is 0.153 e. The van der Waals surface area contributed by atoms with E-state index in [1.54, 1.807) is 6.07 Å². The minimum absolute atomic E-state index is 0.234. The SMILES string of the molecule is Cc1ccc(O[C@H](C)c2nc3ccc(F)cc3[nH]2)c(C)c1. The standard InChI is InChI=1S/C17H17FN2O/c1-10-4-7-16(11(2)8-10)21-12(3)17-19-14-6-5-13(18)9-15(14)20-17/h4-9,12H,1-3H3,(H,19,20)/t12-/m1/s1. The summed E-state index contributed by atoms with van der Waals surface area (Å²) in [6, 6.07) is 10.6. The number of H-pyrrole nitrogens is 1. The van der Waals surface area contributed by atoms with E-state index in [2.05, 4.69) is 16.0 Å². The van der Waals surface area contributed by atoms with Crippen LogP contribution in [0.3, 0.4) is 0 Å². The summed E-state index contributed by atoms with van der Waals surface area (Å²) in [6.45, 7) is 5.99. The van der Waals surface area contributed by atoms with Crippen LogP contribution < -0.4 is 4.74 Å². The third-order valence-corrected chi connectivity index (χ3v) is 3.48. The topological polar surface area (TPSA) is 37.9 Å². The molecule has 0 bridgehead atoms. The molecular formula is C17H17FN2O. The first kappa shape index (κ1) is 13.6. The summed E-state index contributed by atoms with van der Waals surface area (Å²) in [5.41, 5.74) is 3.71. The van der Waals surface area contributed by atoms with Crippen LogP contribution in [0.4, 0.5) is 4.39 Å². The van der Waals surface area contributed by atoms with E-state index in [1.165, 1.54) is 17.7 Å². The fourth-order valence-corrected chi connectivity index (χ4v) is 2.37. The number of halogens is 1. The summed E-state index contributed by atoms with van der Waals surface area (Å²) in [5.74, 6) is 1.25. The Morgan fingerprint density at radius 2 is 1.95 bits per heavy atom. The molecule has 21 heavy (non-hydrogen) atoms. The molecule has 3 nitrogen and oxygen atoms in total. The highest BCUT2D eigenvalue weighted by Crippen LogP contribution is 2.25. The Hall–Kier alpha value is -2.36. The largest absolute Gasteiger partial charge is 0.483 e. The monoisotopic (exact) mass is 284 g/mol. The van der Waals surface area contributed by atoms with Gasteiger partial charge in [-0.3, -0.25) is 0 Å². The molecule has 0 aliphatic carbocycles. The van der Waals surface area contributed by atoms with Crippen molar-refractivity contribution in [2.45, 2.75) is 26.9 Å². The Labute approximate surface area is 122 Å². The average molecular weight is 284 g/mol. The third-order valence-electron chi connectivity index (χ3n) is 3.48. The molecular weight excluding hydrogens is 267 g/mol. The van der Waals surface area contributed by atoms with Gasteiger partial charge in [-0.15, -0.1) is 0 Å². The molecule has 1 heterocycles. The van der Waals surface area contributed by atoms with Crippen LogP contribution in [0.1, 0.15) is 30.0 Å². The zero-order valence-electron chi connectivity index (χ0n) is 12.3. The number of hydrogen-bond acceptors (Lipinski definition) is 2. The molecule has 1 atom stereocenters. The van der Waals surface area contributed by atoms with Crippen molar-refractivity contribution in [3.8, 4) is 5.75 Å². The van der Waals surface area contributed by atoms with Crippen LogP contribution in [0.2, 0.25) is 0 Å². The van der Waals surface area contributed by atoms with Gasteiger partial charge in [0, 0.05) is 0 Å². The van der Waals surface area contributed by atoms with Gasteiger partial charge in [-0.05, 0) is 50.6 Å². The van der Waals surface area contributed by atoms with Gasteiger partial charge in [-0.2, -0.15) is 0 Å². The van der Waals surface area contributed by atoms with E-state index in [1.807, 2.05) is 32.9 Å². The first-order valence-electron chi connectivity index (χ1n) is 6.92. The van der Waals surface area contributed by atoms with Crippen molar-refractivity contribution in [2.24, 2.45) is 0 Å². The van der Waals surface area contributed by atoms with Crippen molar-refractivity contribution in [1.29, 1.82) is 0 Å². The summed E-state index contributed by atoms with van der Waals surface area (Å²) >= 11 is 0. The van der Waals surface area contributed by atoms with Gasteiger partial charge < -0.3 is 9.72 Å². The van der Waals surface area contributed by atoms with E-state index < -0.39 is 0 Å².